The van der Waals surface area contributed by atoms with Crippen LogP contribution in [0.2, 0.25) is 5.02 Å². The average Bonchev–Trinajstić information content (AvgIpc) is 2.73. The molecule has 4 nitrogen and oxygen atoms in total. The lowest BCUT2D eigenvalue weighted by atomic mass is 10.2. The number of carbonyl (C=O) groups is 2. The van der Waals surface area contributed by atoms with Crippen LogP contribution in [0.5, 0.6) is 0 Å². The first-order valence-electron chi connectivity index (χ1n) is 8.88. The van der Waals surface area contributed by atoms with Crippen LogP contribution in [0, 0.1) is 5.82 Å². The van der Waals surface area contributed by atoms with Gasteiger partial charge in [0.2, 0.25) is 0 Å². The summed E-state index contributed by atoms with van der Waals surface area (Å²) in [5.41, 5.74) is 0.511. The van der Waals surface area contributed by atoms with E-state index in [1.807, 2.05) is 6.07 Å². The minimum Gasteiger partial charge on any atom is -0.350 e. The molecule has 0 saturated carbocycles. The molecule has 0 aliphatic carbocycles. The summed E-state index contributed by atoms with van der Waals surface area (Å²) in [6.45, 7) is 0.407. The summed E-state index contributed by atoms with van der Waals surface area (Å²) in [4.78, 5) is 25.9. The summed E-state index contributed by atoms with van der Waals surface area (Å²) in [5.74, 6) is -1.37. The van der Waals surface area contributed by atoms with Crippen LogP contribution < -0.4 is 10.6 Å². The molecule has 0 bridgehead atoms. The molecule has 2 N–H and O–H groups in total. The van der Waals surface area contributed by atoms with Gasteiger partial charge in [0.05, 0.1) is 5.56 Å². The number of rotatable bonds is 7. The largest absolute Gasteiger partial charge is 0.350 e. The molecule has 0 aliphatic heterocycles. The quantitative estimate of drug-likeness (QED) is 0.532. The Labute approximate surface area is 177 Å². The minimum atomic E-state index is -0.602. The van der Waals surface area contributed by atoms with Gasteiger partial charge in [0, 0.05) is 33.5 Å². The molecule has 29 heavy (non-hydrogen) atoms. The molecular formula is C22H18ClFN2O2S. The Kier molecular flexibility index (Phi) is 7.27. The minimum absolute atomic E-state index is 0.0261. The summed E-state index contributed by atoms with van der Waals surface area (Å²) < 4.78 is 14.4. The van der Waals surface area contributed by atoms with Crippen molar-refractivity contribution in [3.8, 4) is 0 Å². The lowest BCUT2D eigenvalue weighted by molar-refractivity contribution is 0.0923. The van der Waals surface area contributed by atoms with E-state index < -0.39 is 11.7 Å². The molecule has 0 aromatic heterocycles. The normalized spacial score (nSPS) is 10.4. The first-order valence-corrected chi connectivity index (χ1v) is 10.1. The van der Waals surface area contributed by atoms with Gasteiger partial charge in [-0.1, -0.05) is 47.6 Å². The number of hydrogen-bond donors (Lipinski definition) is 2. The summed E-state index contributed by atoms with van der Waals surface area (Å²) >= 11 is 7.17. The molecule has 3 aromatic rings. The molecule has 0 saturated heterocycles. The molecule has 3 rings (SSSR count). The first-order chi connectivity index (χ1) is 14.0. The highest BCUT2D eigenvalue weighted by molar-refractivity contribution is 7.99. The Morgan fingerprint density at radius 1 is 0.828 bits per heavy atom. The van der Waals surface area contributed by atoms with E-state index in [9.17, 15) is 14.0 Å². The molecule has 2 amide bonds. The standard InChI is InChI=1S/C22H18ClFN2O2S/c23-16-9-11-17(12-10-16)29-19-8-4-7-18(24)20(19)22(28)26-14-13-25-21(27)15-5-2-1-3-6-15/h1-12H,13-14H2,(H,25,27)(H,26,28). The number of benzene rings is 3. The number of carbonyl (C=O) groups excluding carboxylic acids is 2. The zero-order chi connectivity index (χ0) is 20.6. The Morgan fingerprint density at radius 3 is 2.17 bits per heavy atom. The van der Waals surface area contributed by atoms with E-state index in [1.165, 1.54) is 17.8 Å². The van der Waals surface area contributed by atoms with Gasteiger partial charge < -0.3 is 10.6 Å². The molecule has 0 heterocycles. The van der Waals surface area contributed by atoms with Gasteiger partial charge in [-0.2, -0.15) is 0 Å². The third-order valence-corrected chi connectivity index (χ3v) is 5.30. The van der Waals surface area contributed by atoms with Crippen LogP contribution in [0.15, 0.2) is 82.6 Å². The van der Waals surface area contributed by atoms with E-state index in [1.54, 1.807) is 60.7 Å². The molecular weight excluding hydrogens is 411 g/mol. The molecule has 7 heteroatoms. The summed E-state index contributed by atoms with van der Waals surface area (Å²) in [6.07, 6.45) is 0. The van der Waals surface area contributed by atoms with E-state index >= 15 is 0 Å². The van der Waals surface area contributed by atoms with Crippen molar-refractivity contribution in [1.82, 2.24) is 10.6 Å². The van der Waals surface area contributed by atoms with Crippen molar-refractivity contribution in [3.05, 3.63) is 94.8 Å². The van der Waals surface area contributed by atoms with Crippen LogP contribution >= 0.6 is 23.4 Å². The Hall–Kier alpha value is -2.83. The molecule has 0 atom stereocenters. The first kappa shape index (κ1) is 20.9. The van der Waals surface area contributed by atoms with Gasteiger partial charge in [-0.05, 0) is 48.5 Å². The van der Waals surface area contributed by atoms with E-state index in [-0.39, 0.29) is 24.6 Å². The van der Waals surface area contributed by atoms with Crippen LogP contribution in [0.1, 0.15) is 20.7 Å². The van der Waals surface area contributed by atoms with Gasteiger partial charge in [0.15, 0.2) is 0 Å². The van der Waals surface area contributed by atoms with Gasteiger partial charge in [-0.25, -0.2) is 4.39 Å². The number of hydrogen-bond acceptors (Lipinski definition) is 3. The molecule has 148 valence electrons. The Morgan fingerprint density at radius 2 is 1.48 bits per heavy atom. The number of amides is 2. The molecule has 0 spiro atoms. The monoisotopic (exact) mass is 428 g/mol. The lowest BCUT2D eigenvalue weighted by Crippen LogP contribution is -2.35. The maximum atomic E-state index is 14.4. The topological polar surface area (TPSA) is 58.2 Å². The molecule has 3 aromatic carbocycles. The van der Waals surface area contributed by atoms with Crippen molar-refractivity contribution in [3.63, 3.8) is 0 Å². The molecule has 0 unspecified atom stereocenters. The maximum Gasteiger partial charge on any atom is 0.255 e. The highest BCUT2D eigenvalue weighted by atomic mass is 35.5. The molecule has 0 aliphatic rings. The predicted octanol–water partition coefficient (Wildman–Crippen LogP) is 4.79. The Bertz CT molecular complexity index is 997. The van der Waals surface area contributed by atoms with Gasteiger partial charge in [0.25, 0.3) is 11.8 Å². The second-order valence-corrected chi connectivity index (χ2v) is 7.60. The smallest absolute Gasteiger partial charge is 0.255 e. The zero-order valence-electron chi connectivity index (χ0n) is 15.3. The van der Waals surface area contributed by atoms with Crippen LogP contribution in [0.3, 0.4) is 0 Å². The van der Waals surface area contributed by atoms with Gasteiger partial charge >= 0.3 is 0 Å². The van der Waals surface area contributed by atoms with E-state index in [0.29, 0.717) is 15.5 Å². The highest BCUT2D eigenvalue weighted by Crippen LogP contribution is 2.32. The van der Waals surface area contributed by atoms with Crippen molar-refractivity contribution in [2.45, 2.75) is 9.79 Å². The van der Waals surface area contributed by atoms with Crippen LogP contribution in [-0.4, -0.2) is 24.9 Å². The second-order valence-electron chi connectivity index (χ2n) is 6.05. The van der Waals surface area contributed by atoms with Gasteiger partial charge in [-0.3, -0.25) is 9.59 Å². The fourth-order valence-electron chi connectivity index (χ4n) is 2.57. The third-order valence-electron chi connectivity index (χ3n) is 3.98. The van der Waals surface area contributed by atoms with Crippen molar-refractivity contribution in [2.24, 2.45) is 0 Å². The van der Waals surface area contributed by atoms with Crippen molar-refractivity contribution >= 4 is 35.2 Å². The maximum absolute atomic E-state index is 14.4. The fourth-order valence-corrected chi connectivity index (χ4v) is 3.66. The summed E-state index contributed by atoms with van der Waals surface area (Å²) in [5, 5.41) is 5.97. The third kappa shape index (κ3) is 5.82. The number of nitrogens with one attached hydrogen (secondary N) is 2. The zero-order valence-corrected chi connectivity index (χ0v) is 16.9. The highest BCUT2D eigenvalue weighted by Gasteiger charge is 2.17. The van der Waals surface area contributed by atoms with Crippen LogP contribution in [0.25, 0.3) is 0 Å². The van der Waals surface area contributed by atoms with Crippen LogP contribution in [0.4, 0.5) is 4.39 Å². The van der Waals surface area contributed by atoms with E-state index in [4.69, 9.17) is 11.6 Å². The molecule has 0 radical (unpaired) electrons. The number of halogens is 2. The summed E-state index contributed by atoms with van der Waals surface area (Å²) in [6, 6.07) is 20.3. The van der Waals surface area contributed by atoms with Gasteiger partial charge in [0.1, 0.15) is 5.82 Å². The van der Waals surface area contributed by atoms with E-state index in [2.05, 4.69) is 10.6 Å². The predicted molar refractivity (Wildman–Crippen MR) is 113 cm³/mol. The Balaban J connectivity index is 1.60. The summed E-state index contributed by atoms with van der Waals surface area (Å²) in [7, 11) is 0. The van der Waals surface area contributed by atoms with Gasteiger partial charge in [-0.15, -0.1) is 0 Å². The molecule has 0 fully saturated rings. The van der Waals surface area contributed by atoms with Crippen molar-refractivity contribution < 1.29 is 14.0 Å². The van der Waals surface area contributed by atoms with Crippen molar-refractivity contribution in [1.29, 1.82) is 0 Å². The van der Waals surface area contributed by atoms with E-state index in [0.717, 1.165) is 4.90 Å². The average molecular weight is 429 g/mol. The van der Waals surface area contributed by atoms with Crippen LogP contribution in [-0.2, 0) is 0 Å². The lowest BCUT2D eigenvalue weighted by Gasteiger charge is -2.11. The fraction of sp³-hybridized carbons (Fsp3) is 0.0909. The SMILES string of the molecule is O=C(NCCNC(=O)c1c(F)cccc1Sc1ccc(Cl)cc1)c1ccccc1. The second kappa shape index (κ2) is 10.1. The van der Waals surface area contributed by atoms with Crippen molar-refractivity contribution in [2.75, 3.05) is 13.1 Å².